The first-order valence-electron chi connectivity index (χ1n) is 12.0. The molecular weight excluding hydrogens is 416 g/mol. The Morgan fingerprint density at radius 3 is 2.67 bits per heavy atom. The predicted octanol–water partition coefficient (Wildman–Crippen LogP) is 4.15. The van der Waals surface area contributed by atoms with Crippen LogP contribution in [0.4, 0.5) is 0 Å². The van der Waals surface area contributed by atoms with Crippen LogP contribution in [-0.2, 0) is 4.79 Å². The summed E-state index contributed by atoms with van der Waals surface area (Å²) in [5, 5.41) is 3.12. The summed E-state index contributed by atoms with van der Waals surface area (Å²) >= 11 is 0. The summed E-state index contributed by atoms with van der Waals surface area (Å²) in [7, 11) is 1.61. The van der Waals surface area contributed by atoms with Gasteiger partial charge in [-0.1, -0.05) is 24.3 Å². The highest BCUT2D eigenvalue weighted by molar-refractivity contribution is 5.94. The predicted molar refractivity (Wildman–Crippen MR) is 126 cm³/mol. The van der Waals surface area contributed by atoms with Crippen LogP contribution >= 0.6 is 0 Å². The van der Waals surface area contributed by atoms with E-state index in [1.807, 2.05) is 41.3 Å². The van der Waals surface area contributed by atoms with Gasteiger partial charge in [0.1, 0.15) is 17.1 Å². The second-order valence-corrected chi connectivity index (χ2v) is 9.70. The quantitative estimate of drug-likeness (QED) is 0.721. The molecule has 174 valence electrons. The van der Waals surface area contributed by atoms with Crippen LogP contribution in [0.2, 0.25) is 0 Å². The van der Waals surface area contributed by atoms with Gasteiger partial charge in [-0.25, -0.2) is 0 Å². The van der Waals surface area contributed by atoms with Gasteiger partial charge >= 0.3 is 0 Å². The lowest BCUT2D eigenvalue weighted by molar-refractivity contribution is -0.122. The maximum absolute atomic E-state index is 13.1. The summed E-state index contributed by atoms with van der Waals surface area (Å²) < 4.78 is 11.8. The fourth-order valence-corrected chi connectivity index (χ4v) is 5.17. The average Bonchev–Trinajstić information content (AvgIpc) is 3.67. The Hall–Kier alpha value is -3.02. The van der Waals surface area contributed by atoms with Crippen molar-refractivity contribution in [2.24, 2.45) is 5.92 Å². The van der Waals surface area contributed by atoms with E-state index in [-0.39, 0.29) is 23.3 Å². The third-order valence-corrected chi connectivity index (χ3v) is 7.30. The van der Waals surface area contributed by atoms with Gasteiger partial charge in [-0.15, -0.1) is 0 Å². The van der Waals surface area contributed by atoms with Crippen molar-refractivity contribution in [3.8, 4) is 11.5 Å². The molecule has 2 amide bonds. The number of hydrogen-bond donors (Lipinski definition) is 1. The molecule has 6 nitrogen and oxygen atoms in total. The molecular formula is C27H32N2O4. The Labute approximate surface area is 195 Å². The van der Waals surface area contributed by atoms with E-state index < -0.39 is 0 Å². The molecule has 6 heteroatoms. The van der Waals surface area contributed by atoms with Crippen molar-refractivity contribution in [3.63, 3.8) is 0 Å². The van der Waals surface area contributed by atoms with Gasteiger partial charge < -0.3 is 19.7 Å². The third kappa shape index (κ3) is 4.85. The minimum absolute atomic E-state index is 0.0240. The first-order valence-corrected chi connectivity index (χ1v) is 12.0. The Kier molecular flexibility index (Phi) is 6.00. The first-order chi connectivity index (χ1) is 16.0. The highest BCUT2D eigenvalue weighted by Gasteiger charge is 2.44. The van der Waals surface area contributed by atoms with E-state index in [1.54, 1.807) is 13.2 Å². The van der Waals surface area contributed by atoms with Crippen molar-refractivity contribution in [1.82, 2.24) is 10.2 Å². The lowest BCUT2D eigenvalue weighted by Gasteiger charge is -2.47. The Bertz CT molecular complexity index is 1020. The number of benzene rings is 2. The zero-order valence-electron chi connectivity index (χ0n) is 19.2. The Balaban J connectivity index is 1.27. The molecule has 2 aromatic rings. The molecule has 2 aromatic carbocycles. The number of nitrogens with zero attached hydrogens (tertiary/aromatic N) is 1. The molecule has 33 heavy (non-hydrogen) atoms. The minimum atomic E-state index is -0.332. The Morgan fingerprint density at radius 1 is 1.12 bits per heavy atom. The molecule has 0 radical (unpaired) electrons. The number of carbonyl (C=O) groups excluding carboxylic acids is 2. The van der Waals surface area contributed by atoms with Gasteiger partial charge in [0.05, 0.1) is 7.11 Å². The van der Waals surface area contributed by atoms with E-state index in [2.05, 4.69) is 11.4 Å². The molecule has 1 N–H and O–H groups in total. The third-order valence-electron chi connectivity index (χ3n) is 7.30. The second-order valence-electron chi connectivity index (χ2n) is 9.70. The van der Waals surface area contributed by atoms with E-state index in [0.717, 1.165) is 37.1 Å². The summed E-state index contributed by atoms with van der Waals surface area (Å²) in [6, 6.07) is 15.4. The van der Waals surface area contributed by atoms with E-state index in [1.165, 1.54) is 12.8 Å². The number of hydrogen-bond acceptors (Lipinski definition) is 4. The number of likely N-dealkylation sites (tertiary alicyclic amines) is 1. The van der Waals surface area contributed by atoms with Crippen molar-refractivity contribution in [3.05, 3.63) is 59.7 Å². The molecule has 1 spiro atoms. The summed E-state index contributed by atoms with van der Waals surface area (Å²) in [6.45, 7) is 2.08. The Morgan fingerprint density at radius 2 is 1.91 bits per heavy atom. The van der Waals surface area contributed by atoms with Gasteiger partial charge in [0.15, 0.2) is 0 Å². The molecule has 3 aliphatic rings. The molecule has 1 saturated heterocycles. The van der Waals surface area contributed by atoms with Crippen LogP contribution in [0, 0.1) is 5.92 Å². The molecule has 1 aliphatic carbocycles. The summed E-state index contributed by atoms with van der Waals surface area (Å²) in [5.41, 5.74) is 1.44. The van der Waals surface area contributed by atoms with Crippen LogP contribution in [0.5, 0.6) is 11.5 Å². The minimum Gasteiger partial charge on any atom is -0.497 e. The molecule has 0 aromatic heterocycles. The SMILES string of the molecule is COc1cccc(C(=O)N2CCC3(CC2)CC(CC(=O)NCC2CC2)c2ccccc2O3)c1. The van der Waals surface area contributed by atoms with Crippen molar-refractivity contribution in [2.75, 3.05) is 26.7 Å². The van der Waals surface area contributed by atoms with Crippen LogP contribution < -0.4 is 14.8 Å². The summed E-state index contributed by atoms with van der Waals surface area (Å²) in [6.07, 6.45) is 5.28. The molecule has 1 atom stereocenters. The number of piperidine rings is 1. The number of nitrogens with one attached hydrogen (secondary N) is 1. The summed E-state index contributed by atoms with van der Waals surface area (Å²) in [4.78, 5) is 27.6. The fourth-order valence-electron chi connectivity index (χ4n) is 5.17. The maximum Gasteiger partial charge on any atom is 0.253 e. The average molecular weight is 449 g/mol. The van der Waals surface area contributed by atoms with Crippen molar-refractivity contribution in [2.45, 2.75) is 50.0 Å². The van der Waals surface area contributed by atoms with Gasteiger partial charge in [0, 0.05) is 50.4 Å². The largest absolute Gasteiger partial charge is 0.497 e. The smallest absolute Gasteiger partial charge is 0.253 e. The molecule has 2 fully saturated rings. The standard InChI is InChI=1S/C27H32N2O4/c1-32-22-6-4-5-20(15-22)26(31)29-13-11-27(12-14-29)17-21(16-25(30)28-18-19-9-10-19)23-7-2-3-8-24(23)33-27/h2-8,15,19,21H,9-14,16-18H2,1H3,(H,28,30). The van der Waals surface area contributed by atoms with Gasteiger partial charge in [-0.2, -0.15) is 0 Å². The zero-order chi connectivity index (χ0) is 22.8. The zero-order valence-corrected chi connectivity index (χ0v) is 19.2. The van der Waals surface area contributed by atoms with Crippen molar-refractivity contribution < 1.29 is 19.1 Å². The molecule has 1 unspecified atom stereocenters. The number of para-hydroxylation sites is 1. The van der Waals surface area contributed by atoms with Crippen LogP contribution in [0.1, 0.15) is 60.4 Å². The van der Waals surface area contributed by atoms with Crippen molar-refractivity contribution >= 4 is 11.8 Å². The summed E-state index contributed by atoms with van der Waals surface area (Å²) in [5.74, 6) is 2.53. The highest BCUT2D eigenvalue weighted by atomic mass is 16.5. The normalized spacial score (nSPS) is 21.1. The van der Waals surface area contributed by atoms with E-state index in [9.17, 15) is 9.59 Å². The fraction of sp³-hybridized carbons (Fsp3) is 0.481. The topological polar surface area (TPSA) is 67.9 Å². The number of amides is 2. The molecule has 2 aliphatic heterocycles. The van der Waals surface area contributed by atoms with Crippen LogP contribution in [0.3, 0.4) is 0 Å². The molecule has 5 rings (SSSR count). The first kappa shape index (κ1) is 21.8. The van der Waals surface area contributed by atoms with Gasteiger partial charge in [0.25, 0.3) is 5.91 Å². The lowest BCUT2D eigenvalue weighted by atomic mass is 9.76. The van der Waals surface area contributed by atoms with Crippen LogP contribution in [0.25, 0.3) is 0 Å². The maximum atomic E-state index is 13.1. The number of ether oxygens (including phenoxy) is 2. The molecule has 2 heterocycles. The van der Waals surface area contributed by atoms with Gasteiger partial charge in [0.2, 0.25) is 5.91 Å². The van der Waals surface area contributed by atoms with E-state index in [0.29, 0.717) is 36.7 Å². The van der Waals surface area contributed by atoms with Crippen LogP contribution in [0.15, 0.2) is 48.5 Å². The molecule has 1 saturated carbocycles. The van der Waals surface area contributed by atoms with E-state index in [4.69, 9.17) is 9.47 Å². The van der Waals surface area contributed by atoms with Crippen molar-refractivity contribution in [1.29, 1.82) is 0 Å². The number of fused-ring (bicyclic) bond motifs is 1. The second kappa shape index (κ2) is 9.08. The highest BCUT2D eigenvalue weighted by Crippen LogP contribution is 2.46. The van der Waals surface area contributed by atoms with Crippen LogP contribution in [-0.4, -0.2) is 49.1 Å². The monoisotopic (exact) mass is 448 g/mol. The number of methoxy groups -OCH3 is 1. The van der Waals surface area contributed by atoms with Gasteiger partial charge in [-0.05, 0) is 55.0 Å². The van der Waals surface area contributed by atoms with Gasteiger partial charge in [-0.3, -0.25) is 9.59 Å². The number of rotatable bonds is 6. The van der Waals surface area contributed by atoms with E-state index >= 15 is 0 Å². The lowest BCUT2D eigenvalue weighted by Crippen LogP contribution is -2.52. The molecule has 0 bridgehead atoms. The number of carbonyl (C=O) groups is 2.